The average Bonchev–Trinajstić information content (AvgIpc) is 3.23. The number of carbonyl (C=O) groups excluding carboxylic acids is 1. The first-order chi connectivity index (χ1) is 13.5. The number of nitrogens with one attached hydrogen (secondary N) is 1. The lowest BCUT2D eigenvalue weighted by Crippen LogP contribution is -2.30. The highest BCUT2D eigenvalue weighted by atomic mass is 16.2. The predicted molar refractivity (Wildman–Crippen MR) is 109 cm³/mol. The summed E-state index contributed by atoms with van der Waals surface area (Å²) in [6, 6.07) is 16.0. The van der Waals surface area contributed by atoms with Crippen molar-refractivity contribution in [3.8, 4) is 11.5 Å². The molecule has 0 spiro atoms. The fraction of sp³-hybridized carbons (Fsp3) is 0.227. The Balaban J connectivity index is 1.75. The minimum atomic E-state index is -0.176. The third-order valence-corrected chi connectivity index (χ3v) is 4.58. The zero-order valence-electron chi connectivity index (χ0n) is 16.3. The van der Waals surface area contributed by atoms with Gasteiger partial charge >= 0.3 is 0 Å². The van der Waals surface area contributed by atoms with E-state index in [2.05, 4.69) is 27.0 Å². The highest BCUT2D eigenvalue weighted by molar-refractivity contribution is 6.00. The Morgan fingerprint density at radius 2 is 1.82 bits per heavy atom. The molecule has 6 heteroatoms. The highest BCUT2D eigenvalue weighted by Gasteiger charge is 2.20. The van der Waals surface area contributed by atoms with Crippen molar-refractivity contribution in [2.24, 2.45) is 0 Å². The Hall–Kier alpha value is -3.41. The van der Waals surface area contributed by atoms with Gasteiger partial charge in [-0.15, -0.1) is 0 Å². The molecule has 0 atom stereocenters. The van der Waals surface area contributed by atoms with Crippen LogP contribution < -0.4 is 5.32 Å². The van der Waals surface area contributed by atoms with Gasteiger partial charge in [0.05, 0.1) is 5.52 Å². The molecule has 28 heavy (non-hydrogen) atoms. The zero-order valence-corrected chi connectivity index (χ0v) is 16.3. The van der Waals surface area contributed by atoms with Crippen molar-refractivity contribution >= 4 is 11.4 Å². The molecule has 0 saturated heterocycles. The molecule has 0 radical (unpaired) electrons. The Bertz CT molecular complexity index is 1120. The number of nitrogens with zero attached hydrogens (tertiary/aromatic N) is 4. The van der Waals surface area contributed by atoms with Gasteiger partial charge in [0.2, 0.25) is 0 Å². The fourth-order valence-electron chi connectivity index (χ4n) is 3.27. The van der Waals surface area contributed by atoms with Crippen molar-refractivity contribution in [2.75, 3.05) is 0 Å². The summed E-state index contributed by atoms with van der Waals surface area (Å²) >= 11 is 0. The first kappa shape index (κ1) is 18.0. The van der Waals surface area contributed by atoms with E-state index in [9.17, 15) is 4.79 Å². The highest BCUT2D eigenvalue weighted by Crippen LogP contribution is 2.23. The van der Waals surface area contributed by atoms with Crippen LogP contribution >= 0.6 is 0 Å². The van der Waals surface area contributed by atoms with Crippen LogP contribution in [0.1, 0.15) is 35.7 Å². The molecule has 0 fully saturated rings. The topological polar surface area (TPSA) is 64.2 Å². The van der Waals surface area contributed by atoms with E-state index in [0.717, 1.165) is 23.6 Å². The molecule has 0 aliphatic carbocycles. The molecule has 0 saturated carbocycles. The Kier molecular flexibility index (Phi) is 4.69. The summed E-state index contributed by atoms with van der Waals surface area (Å²) in [5.74, 6) is 1.39. The van der Waals surface area contributed by atoms with Crippen molar-refractivity contribution in [2.45, 2.75) is 33.4 Å². The fourth-order valence-corrected chi connectivity index (χ4v) is 3.27. The van der Waals surface area contributed by atoms with Gasteiger partial charge in [-0.05, 0) is 38.5 Å². The van der Waals surface area contributed by atoms with Gasteiger partial charge in [0.1, 0.15) is 11.5 Å². The number of imidazole rings is 2. The van der Waals surface area contributed by atoms with Crippen LogP contribution in [-0.4, -0.2) is 30.9 Å². The van der Waals surface area contributed by atoms with Crippen LogP contribution in [0.2, 0.25) is 0 Å². The normalized spacial score (nSPS) is 11.3. The third-order valence-electron chi connectivity index (χ3n) is 4.58. The van der Waals surface area contributed by atoms with Crippen LogP contribution in [0, 0.1) is 6.92 Å². The van der Waals surface area contributed by atoms with Gasteiger partial charge in [-0.25, -0.2) is 9.97 Å². The van der Waals surface area contributed by atoms with Crippen LogP contribution in [0.25, 0.3) is 17.0 Å². The molecule has 0 unspecified atom stereocenters. The summed E-state index contributed by atoms with van der Waals surface area (Å²) in [6.45, 7) is 6.59. The van der Waals surface area contributed by atoms with Crippen LogP contribution in [0.3, 0.4) is 0 Å². The Labute approximate surface area is 163 Å². The van der Waals surface area contributed by atoms with Crippen molar-refractivity contribution in [1.29, 1.82) is 0 Å². The number of carbonyl (C=O) groups is 1. The quantitative estimate of drug-likeness (QED) is 0.580. The molecular weight excluding hydrogens is 350 g/mol. The van der Waals surface area contributed by atoms with Crippen molar-refractivity contribution in [3.63, 3.8) is 0 Å². The number of benzene rings is 1. The van der Waals surface area contributed by atoms with Gasteiger partial charge in [0.25, 0.3) is 5.91 Å². The molecule has 3 heterocycles. The number of pyridine rings is 1. The molecule has 6 nitrogen and oxygen atoms in total. The van der Waals surface area contributed by atoms with Gasteiger partial charge in [-0.3, -0.25) is 9.20 Å². The maximum atomic E-state index is 12.6. The van der Waals surface area contributed by atoms with E-state index >= 15 is 0 Å². The molecule has 1 amide bonds. The van der Waals surface area contributed by atoms with Crippen molar-refractivity contribution in [3.05, 3.63) is 78.0 Å². The lowest BCUT2D eigenvalue weighted by molar-refractivity contribution is 0.0940. The number of fused-ring (bicyclic) bond motifs is 1. The van der Waals surface area contributed by atoms with Crippen LogP contribution in [0.4, 0.5) is 0 Å². The number of amides is 1. The molecule has 0 aliphatic heterocycles. The van der Waals surface area contributed by atoms with E-state index in [1.165, 1.54) is 5.56 Å². The summed E-state index contributed by atoms with van der Waals surface area (Å²) in [5.41, 5.74) is 3.14. The van der Waals surface area contributed by atoms with Gasteiger partial charge in [-0.1, -0.05) is 36.4 Å². The summed E-state index contributed by atoms with van der Waals surface area (Å²) in [4.78, 5) is 22.0. The van der Waals surface area contributed by atoms with Gasteiger partial charge in [-0.2, -0.15) is 0 Å². The van der Waals surface area contributed by atoms with Crippen LogP contribution in [0.15, 0.2) is 60.9 Å². The lowest BCUT2D eigenvalue weighted by atomic mass is 10.2. The maximum absolute atomic E-state index is 12.6. The Morgan fingerprint density at radius 1 is 1.07 bits per heavy atom. The van der Waals surface area contributed by atoms with E-state index in [4.69, 9.17) is 4.98 Å². The van der Waals surface area contributed by atoms with Gasteiger partial charge < -0.3 is 9.88 Å². The van der Waals surface area contributed by atoms with Gasteiger partial charge in [0.15, 0.2) is 11.5 Å². The molecule has 0 bridgehead atoms. The number of hydrogen-bond acceptors (Lipinski definition) is 3. The second kappa shape index (κ2) is 7.31. The number of hydrogen-bond donors (Lipinski definition) is 1. The van der Waals surface area contributed by atoms with Crippen molar-refractivity contribution < 1.29 is 4.79 Å². The van der Waals surface area contributed by atoms with E-state index < -0.39 is 0 Å². The SMILES string of the molecule is Cc1nc(-c2nc(C(=O)NC(C)C)c3ccccn23)cn1Cc1ccccc1. The summed E-state index contributed by atoms with van der Waals surface area (Å²) in [5, 5.41) is 2.92. The number of aromatic nitrogens is 4. The molecule has 1 aromatic carbocycles. The third kappa shape index (κ3) is 3.41. The molecule has 4 aromatic rings. The first-order valence-corrected chi connectivity index (χ1v) is 9.39. The number of rotatable bonds is 5. The molecule has 3 aromatic heterocycles. The largest absolute Gasteiger partial charge is 0.348 e. The standard InChI is InChI=1S/C22H23N5O/c1-15(2)23-22(28)20-19-11-7-8-12-27(19)21(25-20)18-14-26(16(3)24-18)13-17-9-5-4-6-10-17/h4-12,14-15H,13H2,1-3H3,(H,23,28). The molecular formula is C22H23N5O. The second-order valence-electron chi connectivity index (χ2n) is 7.15. The predicted octanol–water partition coefficient (Wildman–Crippen LogP) is 3.69. The van der Waals surface area contributed by atoms with E-state index in [0.29, 0.717) is 11.5 Å². The molecule has 0 aliphatic rings. The maximum Gasteiger partial charge on any atom is 0.272 e. The van der Waals surface area contributed by atoms with E-state index in [1.54, 1.807) is 0 Å². The second-order valence-corrected chi connectivity index (χ2v) is 7.15. The minimum Gasteiger partial charge on any atom is -0.348 e. The monoisotopic (exact) mass is 373 g/mol. The van der Waals surface area contributed by atoms with Crippen LogP contribution in [-0.2, 0) is 6.54 Å². The number of aryl methyl sites for hydroxylation is 1. The van der Waals surface area contributed by atoms with Crippen LogP contribution in [0.5, 0.6) is 0 Å². The smallest absolute Gasteiger partial charge is 0.272 e. The van der Waals surface area contributed by atoms with Gasteiger partial charge in [0, 0.05) is 25.0 Å². The zero-order chi connectivity index (χ0) is 19.7. The molecule has 4 rings (SSSR count). The van der Waals surface area contributed by atoms with Crippen molar-refractivity contribution in [1.82, 2.24) is 24.3 Å². The average molecular weight is 373 g/mol. The molecule has 142 valence electrons. The minimum absolute atomic E-state index is 0.0451. The lowest BCUT2D eigenvalue weighted by Gasteiger charge is -2.06. The summed E-state index contributed by atoms with van der Waals surface area (Å²) < 4.78 is 4.02. The summed E-state index contributed by atoms with van der Waals surface area (Å²) in [7, 11) is 0. The molecule has 1 N–H and O–H groups in total. The van der Waals surface area contributed by atoms with E-state index in [-0.39, 0.29) is 11.9 Å². The first-order valence-electron chi connectivity index (χ1n) is 9.39. The Morgan fingerprint density at radius 3 is 2.57 bits per heavy atom. The van der Waals surface area contributed by atoms with E-state index in [1.807, 2.05) is 74.0 Å². The summed E-state index contributed by atoms with van der Waals surface area (Å²) in [6.07, 6.45) is 3.91.